The third kappa shape index (κ3) is 5.99. The average molecular weight is 536 g/mol. The zero-order valence-electron chi connectivity index (χ0n) is 11.7. The fraction of sp³-hybridized carbons (Fsp3) is 0.909. The van der Waals surface area contributed by atoms with Gasteiger partial charge in [-0.2, -0.15) is 0 Å². The van der Waals surface area contributed by atoms with Crippen LogP contribution in [0.4, 0.5) is 0 Å². The molecule has 2 aliphatic heterocycles. The van der Waals surface area contributed by atoms with E-state index < -0.39 is 26.5 Å². The molecule has 2 radical (unpaired) electrons. The maximum Gasteiger partial charge on any atom is 0.697 e. The van der Waals surface area contributed by atoms with Crippen molar-refractivity contribution in [2.45, 2.75) is 43.3 Å². The van der Waals surface area contributed by atoms with Crippen LogP contribution in [0, 0.1) is 46.5 Å². The molecule has 7 nitrogen and oxygen atoms in total. The molecule has 0 aromatic heterocycles. The Kier molecular flexibility index (Phi) is 9.84. The van der Waals surface area contributed by atoms with Crippen LogP contribution in [0.2, 0.25) is 0 Å². The summed E-state index contributed by atoms with van der Waals surface area (Å²) in [6, 6.07) is -0.522. The van der Waals surface area contributed by atoms with Crippen LogP contribution in [0.3, 0.4) is 0 Å². The summed E-state index contributed by atoms with van der Waals surface area (Å²) in [7, 11) is 4.84. The molecule has 0 saturated carbocycles. The third-order valence-electron chi connectivity index (χ3n) is 3.29. The molecule has 2 aliphatic rings. The molecule has 0 bridgehead atoms. The molecular weight excluding hydrogens is 518 g/mol. The quantitative estimate of drug-likeness (QED) is 0.285. The molecule has 21 heavy (non-hydrogen) atoms. The van der Waals surface area contributed by atoms with Crippen LogP contribution in [0.1, 0.15) is 12.8 Å². The van der Waals surface area contributed by atoms with Crippen LogP contribution in [0.5, 0.6) is 0 Å². The first-order valence-electron chi connectivity index (χ1n) is 6.42. The zero-order valence-corrected chi connectivity index (χ0v) is 16.7. The van der Waals surface area contributed by atoms with Gasteiger partial charge in [-0.15, -0.1) is 15.5 Å². The van der Waals surface area contributed by atoms with Crippen molar-refractivity contribution in [3.8, 4) is 0 Å². The number of methoxy groups -OCH3 is 1. The van der Waals surface area contributed by atoms with Gasteiger partial charge in [0.25, 0.3) is 0 Å². The number of aliphatic hydroxyl groups is 1. The minimum absolute atomic E-state index is 0. The number of hydrogen-bond acceptors (Lipinski definition) is 7. The molecule has 116 valence electrons. The van der Waals surface area contributed by atoms with E-state index in [4.69, 9.17) is 36.2 Å². The van der Waals surface area contributed by atoms with Gasteiger partial charge >= 0.3 is 8.25 Å². The van der Waals surface area contributed by atoms with Crippen LogP contribution < -0.4 is 0 Å². The Balaban J connectivity index is 0.00000220. The summed E-state index contributed by atoms with van der Waals surface area (Å²) in [5, 5.41) is 9.10. The molecule has 2 heterocycles. The Morgan fingerprint density at radius 2 is 2.19 bits per heavy atom. The van der Waals surface area contributed by atoms with Gasteiger partial charge in [-0.05, 0) is 6.42 Å². The second-order valence-electron chi connectivity index (χ2n) is 4.65. The molecule has 0 aromatic rings. The van der Waals surface area contributed by atoms with Gasteiger partial charge in [-0.1, -0.05) is 0 Å². The van der Waals surface area contributed by atoms with Crippen LogP contribution in [0.25, 0.3) is 0 Å². The molecule has 2 fully saturated rings. The van der Waals surface area contributed by atoms with Crippen molar-refractivity contribution in [2.24, 2.45) is 0 Å². The van der Waals surface area contributed by atoms with Gasteiger partial charge in [0.1, 0.15) is 26.7 Å². The van der Waals surface area contributed by atoms with Crippen molar-refractivity contribution in [1.82, 2.24) is 0 Å². The number of rotatable bonds is 7. The van der Waals surface area contributed by atoms with Crippen molar-refractivity contribution in [1.29, 1.82) is 0 Å². The van der Waals surface area contributed by atoms with Crippen LogP contribution >= 0.6 is 8.25 Å². The molecule has 0 aliphatic carbocycles. The normalized spacial score (nSPS) is 36.5. The first-order chi connectivity index (χ1) is 9.63. The van der Waals surface area contributed by atoms with E-state index in [0.717, 1.165) is 0 Å². The van der Waals surface area contributed by atoms with Gasteiger partial charge in [0.2, 0.25) is 0 Å². The smallest absolute Gasteiger partial charge is 0.546 e. The number of aliphatic hydroxyl groups excluding tert-OH is 1. The molecule has 2 saturated heterocycles. The van der Waals surface area contributed by atoms with Crippen molar-refractivity contribution in [3.63, 3.8) is 0 Å². The van der Waals surface area contributed by atoms with E-state index >= 15 is 0 Å². The predicted molar refractivity (Wildman–Crippen MR) is 69.1 cm³/mol. The zero-order chi connectivity index (χ0) is 14.5. The van der Waals surface area contributed by atoms with Crippen molar-refractivity contribution in [3.05, 3.63) is 6.61 Å². The topological polar surface area (TPSA) is 83.5 Å². The second-order valence-corrected chi connectivity index (χ2v) is 5.56. The molecule has 0 spiro atoms. The second kappa shape index (κ2) is 10.2. The summed E-state index contributed by atoms with van der Waals surface area (Å²) in [6.45, 7) is 1.50. The SMILES string of the molecule is [B][C@H]1CC(O[P+](=O)OC[C@H]2O[CH-]CC2OC)[C@@H](CO)O1.[Th]. The minimum Gasteiger partial charge on any atom is -0.546 e. The molecular formula is C11H18BO7PTh. The van der Waals surface area contributed by atoms with Crippen LogP contribution in [0.15, 0.2) is 0 Å². The van der Waals surface area contributed by atoms with E-state index in [1.807, 2.05) is 0 Å². The summed E-state index contributed by atoms with van der Waals surface area (Å²) in [6.07, 6.45) is -0.474. The molecule has 0 aromatic carbocycles. The molecule has 10 heteroatoms. The summed E-state index contributed by atoms with van der Waals surface area (Å²) in [5.41, 5.74) is 0. The monoisotopic (exact) mass is 536 g/mol. The Hall–Kier alpha value is 1.25. The largest absolute Gasteiger partial charge is 0.697 e. The summed E-state index contributed by atoms with van der Waals surface area (Å²) >= 11 is 0. The van der Waals surface area contributed by atoms with E-state index in [1.165, 1.54) is 0 Å². The summed E-state index contributed by atoms with van der Waals surface area (Å²) in [5.74, 6) is 0. The van der Waals surface area contributed by atoms with Gasteiger partial charge in [0.05, 0.1) is 18.8 Å². The van der Waals surface area contributed by atoms with Crippen LogP contribution in [-0.4, -0.2) is 63.7 Å². The molecule has 3 unspecified atom stereocenters. The fourth-order valence-electron chi connectivity index (χ4n) is 2.20. The van der Waals surface area contributed by atoms with Crippen molar-refractivity contribution in [2.75, 3.05) is 20.3 Å². The molecule has 2 rings (SSSR count). The van der Waals surface area contributed by atoms with Gasteiger partial charge < -0.3 is 19.3 Å². The maximum atomic E-state index is 11.7. The van der Waals surface area contributed by atoms with E-state index in [1.54, 1.807) is 13.7 Å². The molecule has 1 N–H and O–H groups in total. The predicted octanol–water partition coefficient (Wildman–Crippen LogP) is 0.287. The average Bonchev–Trinajstić information content (AvgIpc) is 3.02. The molecule has 0 amide bonds. The van der Waals surface area contributed by atoms with Gasteiger partial charge in [-0.3, -0.25) is 0 Å². The number of hydrogen-bond donors (Lipinski definition) is 1. The van der Waals surface area contributed by atoms with E-state index in [9.17, 15) is 4.57 Å². The minimum atomic E-state index is -2.33. The standard InChI is InChI=1S/C11H18BO7P.Th/c1-15-7-2-3-16-10(7)6-17-20(14)19-8-4-11(12)18-9(8)5-13;/h3,7-11,13H,2,4-6H2,1H3;/t7?,8?,9-,10-,11-;/m1./s1. The fourth-order valence-corrected chi connectivity index (χ4v) is 2.98. The van der Waals surface area contributed by atoms with Crippen molar-refractivity contribution < 1.29 is 72.9 Å². The number of ether oxygens (including phenoxy) is 3. The van der Waals surface area contributed by atoms with E-state index in [-0.39, 0.29) is 65.4 Å². The Labute approximate surface area is 158 Å². The third-order valence-corrected chi connectivity index (χ3v) is 4.09. The summed E-state index contributed by atoms with van der Waals surface area (Å²) < 4.78 is 37.8. The summed E-state index contributed by atoms with van der Waals surface area (Å²) in [4.78, 5) is 0. The van der Waals surface area contributed by atoms with Crippen LogP contribution in [-0.2, 0) is 27.8 Å². The first-order valence-corrected chi connectivity index (χ1v) is 7.52. The van der Waals surface area contributed by atoms with E-state index in [2.05, 4.69) is 0 Å². The van der Waals surface area contributed by atoms with E-state index in [0.29, 0.717) is 12.8 Å². The van der Waals surface area contributed by atoms with Gasteiger partial charge in [0.15, 0.2) is 0 Å². The van der Waals surface area contributed by atoms with Gasteiger partial charge in [0, 0.05) is 57.6 Å². The van der Waals surface area contributed by atoms with Gasteiger partial charge in [-0.25, -0.2) is 6.61 Å². The van der Waals surface area contributed by atoms with Crippen molar-refractivity contribution >= 4 is 16.1 Å². The first kappa shape index (κ1) is 20.3. The molecule has 6 atom stereocenters. The Morgan fingerprint density at radius 3 is 2.86 bits per heavy atom. The Morgan fingerprint density at radius 1 is 1.43 bits per heavy atom. The maximum absolute atomic E-state index is 11.7. The Bertz CT molecular complexity index is 338.